The summed E-state index contributed by atoms with van der Waals surface area (Å²) in [6.45, 7) is 2.34. The Bertz CT molecular complexity index is 401. The molecule has 0 aromatic heterocycles. The maximum Gasteiger partial charge on any atom is 0.224 e. The molecule has 0 bridgehead atoms. The van der Waals surface area contributed by atoms with Gasteiger partial charge in [0.25, 0.3) is 0 Å². The van der Waals surface area contributed by atoms with Gasteiger partial charge in [-0.05, 0) is 42.9 Å². The van der Waals surface area contributed by atoms with Crippen molar-refractivity contribution in [3.63, 3.8) is 0 Å². The van der Waals surface area contributed by atoms with Crippen molar-refractivity contribution in [2.45, 2.75) is 25.7 Å². The molecule has 1 aliphatic carbocycles. The van der Waals surface area contributed by atoms with Crippen LogP contribution in [0.1, 0.15) is 24.8 Å². The van der Waals surface area contributed by atoms with Crippen LogP contribution in [0.15, 0.2) is 28.7 Å². The van der Waals surface area contributed by atoms with Gasteiger partial charge in [0.05, 0.1) is 6.42 Å². The highest BCUT2D eigenvalue weighted by atomic mass is 79.9. The maximum atomic E-state index is 11.7. The summed E-state index contributed by atoms with van der Waals surface area (Å²) >= 11 is 3.38. The molecule has 0 spiro atoms. The molecule has 4 heteroatoms. The molecule has 1 aromatic rings. The smallest absolute Gasteiger partial charge is 0.224 e. The lowest BCUT2D eigenvalue weighted by Crippen LogP contribution is -2.26. The third-order valence-corrected chi connectivity index (χ3v) is 3.64. The first-order valence-corrected chi connectivity index (χ1v) is 7.62. The number of carbonyl (C=O) groups is 1. The van der Waals surface area contributed by atoms with Crippen LogP contribution in [0, 0.1) is 5.92 Å². The summed E-state index contributed by atoms with van der Waals surface area (Å²) in [6, 6.07) is 7.83. The fourth-order valence-corrected chi connectivity index (χ4v) is 2.05. The first kappa shape index (κ1) is 14.5. The zero-order chi connectivity index (χ0) is 13.5. The van der Waals surface area contributed by atoms with Crippen molar-refractivity contribution < 1.29 is 9.53 Å². The van der Waals surface area contributed by atoms with Crippen LogP contribution in [0.5, 0.6) is 0 Å². The minimum absolute atomic E-state index is 0.0736. The molecule has 1 saturated carbocycles. The minimum atomic E-state index is 0.0736. The normalized spacial score (nSPS) is 14.4. The predicted molar refractivity (Wildman–Crippen MR) is 79.0 cm³/mol. The molecule has 1 fully saturated rings. The van der Waals surface area contributed by atoms with Gasteiger partial charge in [0.15, 0.2) is 0 Å². The van der Waals surface area contributed by atoms with Crippen molar-refractivity contribution in [2.24, 2.45) is 5.92 Å². The summed E-state index contributed by atoms with van der Waals surface area (Å²) in [4.78, 5) is 11.7. The Kier molecular flexibility index (Phi) is 5.86. The van der Waals surface area contributed by atoms with Crippen molar-refractivity contribution in [1.82, 2.24) is 5.32 Å². The van der Waals surface area contributed by atoms with Crippen LogP contribution in [-0.4, -0.2) is 25.7 Å². The van der Waals surface area contributed by atoms with E-state index in [4.69, 9.17) is 4.74 Å². The average Bonchev–Trinajstić information content (AvgIpc) is 3.20. The topological polar surface area (TPSA) is 38.3 Å². The molecule has 19 heavy (non-hydrogen) atoms. The molecule has 104 valence electrons. The number of hydrogen-bond acceptors (Lipinski definition) is 2. The Morgan fingerprint density at radius 3 is 2.74 bits per heavy atom. The Morgan fingerprint density at radius 2 is 2.05 bits per heavy atom. The first-order chi connectivity index (χ1) is 9.24. The summed E-state index contributed by atoms with van der Waals surface area (Å²) in [7, 11) is 0. The molecule has 0 radical (unpaired) electrons. The summed E-state index contributed by atoms with van der Waals surface area (Å²) in [6.07, 6.45) is 3.98. The third kappa shape index (κ3) is 6.21. The summed E-state index contributed by atoms with van der Waals surface area (Å²) < 4.78 is 6.55. The highest BCUT2D eigenvalue weighted by molar-refractivity contribution is 9.10. The van der Waals surface area contributed by atoms with Crippen LogP contribution in [-0.2, 0) is 16.0 Å². The third-order valence-electron chi connectivity index (χ3n) is 3.12. The van der Waals surface area contributed by atoms with Gasteiger partial charge in [-0.25, -0.2) is 0 Å². The van der Waals surface area contributed by atoms with Crippen molar-refractivity contribution in [3.8, 4) is 0 Å². The summed E-state index contributed by atoms with van der Waals surface area (Å²) in [5.74, 6) is 0.886. The number of rotatable bonds is 8. The van der Waals surface area contributed by atoms with Crippen LogP contribution in [0.4, 0.5) is 0 Å². The number of hydrogen-bond donors (Lipinski definition) is 1. The highest BCUT2D eigenvalue weighted by Gasteiger charge is 2.20. The monoisotopic (exact) mass is 325 g/mol. The van der Waals surface area contributed by atoms with Gasteiger partial charge in [-0.1, -0.05) is 28.1 Å². The molecule has 0 saturated heterocycles. The second-order valence-electron chi connectivity index (χ2n) is 5.03. The van der Waals surface area contributed by atoms with Gasteiger partial charge in [-0.3, -0.25) is 4.79 Å². The predicted octanol–water partition coefficient (Wildman–Crippen LogP) is 2.92. The van der Waals surface area contributed by atoms with Gasteiger partial charge in [-0.2, -0.15) is 0 Å². The van der Waals surface area contributed by atoms with Crippen LogP contribution < -0.4 is 5.32 Å². The van der Waals surface area contributed by atoms with Gasteiger partial charge >= 0.3 is 0 Å². The van der Waals surface area contributed by atoms with E-state index >= 15 is 0 Å². The molecule has 0 aliphatic heterocycles. The average molecular weight is 326 g/mol. The van der Waals surface area contributed by atoms with Crippen molar-refractivity contribution in [3.05, 3.63) is 34.3 Å². The Labute approximate surface area is 122 Å². The lowest BCUT2D eigenvalue weighted by Gasteiger charge is -2.06. The van der Waals surface area contributed by atoms with Gasteiger partial charge in [0, 0.05) is 24.2 Å². The van der Waals surface area contributed by atoms with Crippen LogP contribution >= 0.6 is 15.9 Å². The molecule has 2 rings (SSSR count). The SMILES string of the molecule is O=C(Cc1ccc(Br)cc1)NCCCOCC1CC1. The molecule has 3 nitrogen and oxygen atoms in total. The summed E-state index contributed by atoms with van der Waals surface area (Å²) in [5.41, 5.74) is 1.03. The van der Waals surface area contributed by atoms with Crippen molar-refractivity contribution in [2.75, 3.05) is 19.8 Å². The van der Waals surface area contributed by atoms with E-state index < -0.39 is 0 Å². The number of amides is 1. The highest BCUT2D eigenvalue weighted by Crippen LogP contribution is 2.28. The number of nitrogens with one attached hydrogen (secondary N) is 1. The van der Waals surface area contributed by atoms with Gasteiger partial charge in [0.1, 0.15) is 0 Å². The first-order valence-electron chi connectivity index (χ1n) is 6.83. The second-order valence-corrected chi connectivity index (χ2v) is 5.94. The number of carbonyl (C=O) groups excluding carboxylic acids is 1. The van der Waals surface area contributed by atoms with E-state index in [1.54, 1.807) is 0 Å². The lowest BCUT2D eigenvalue weighted by atomic mass is 10.1. The van der Waals surface area contributed by atoms with Crippen LogP contribution in [0.25, 0.3) is 0 Å². The maximum absolute atomic E-state index is 11.7. The zero-order valence-electron chi connectivity index (χ0n) is 11.0. The van der Waals surface area contributed by atoms with E-state index in [2.05, 4.69) is 21.2 Å². The van der Waals surface area contributed by atoms with Crippen LogP contribution in [0.2, 0.25) is 0 Å². The number of ether oxygens (including phenoxy) is 1. The standard InChI is InChI=1S/C15H20BrNO2/c16-14-6-4-12(5-7-14)10-15(18)17-8-1-9-19-11-13-2-3-13/h4-7,13H,1-3,8-11H2,(H,17,18). The van der Waals surface area contributed by atoms with E-state index in [1.807, 2.05) is 24.3 Å². The Morgan fingerprint density at radius 1 is 1.32 bits per heavy atom. The van der Waals surface area contributed by atoms with E-state index in [1.165, 1.54) is 12.8 Å². The van der Waals surface area contributed by atoms with Gasteiger partial charge in [-0.15, -0.1) is 0 Å². The second kappa shape index (κ2) is 7.65. The summed E-state index contributed by atoms with van der Waals surface area (Å²) in [5, 5.41) is 2.92. The molecular weight excluding hydrogens is 306 g/mol. The van der Waals surface area contributed by atoms with E-state index in [0.717, 1.165) is 35.6 Å². The minimum Gasteiger partial charge on any atom is -0.381 e. The van der Waals surface area contributed by atoms with Crippen LogP contribution in [0.3, 0.4) is 0 Å². The van der Waals surface area contributed by atoms with E-state index in [9.17, 15) is 4.79 Å². The quantitative estimate of drug-likeness (QED) is 0.746. The van der Waals surface area contributed by atoms with E-state index in [-0.39, 0.29) is 5.91 Å². The van der Waals surface area contributed by atoms with Gasteiger partial charge < -0.3 is 10.1 Å². The van der Waals surface area contributed by atoms with Gasteiger partial charge in [0.2, 0.25) is 5.91 Å². The molecule has 0 unspecified atom stereocenters. The molecule has 0 heterocycles. The molecule has 1 aliphatic rings. The van der Waals surface area contributed by atoms with Crippen molar-refractivity contribution in [1.29, 1.82) is 0 Å². The zero-order valence-corrected chi connectivity index (χ0v) is 12.6. The fraction of sp³-hybridized carbons (Fsp3) is 0.533. The fourth-order valence-electron chi connectivity index (χ4n) is 1.79. The molecule has 1 aromatic carbocycles. The Balaban J connectivity index is 1.52. The number of halogens is 1. The largest absolute Gasteiger partial charge is 0.381 e. The number of benzene rings is 1. The molecule has 1 N–H and O–H groups in total. The molecular formula is C15H20BrNO2. The molecule has 0 atom stereocenters. The van der Waals surface area contributed by atoms with E-state index in [0.29, 0.717) is 13.0 Å². The lowest BCUT2D eigenvalue weighted by molar-refractivity contribution is -0.120. The molecule has 1 amide bonds. The van der Waals surface area contributed by atoms with Crippen molar-refractivity contribution >= 4 is 21.8 Å². The Hall–Kier alpha value is -0.870.